The molecule has 2 atom stereocenters. The number of carbonyl (C=O) groups is 4. The summed E-state index contributed by atoms with van der Waals surface area (Å²) in [6.45, 7) is 0.510. The van der Waals surface area contributed by atoms with Gasteiger partial charge < -0.3 is 15.4 Å². The molecule has 0 unspecified atom stereocenters. The molecule has 1 spiro atoms. The summed E-state index contributed by atoms with van der Waals surface area (Å²) in [4.78, 5) is 49.6. The summed E-state index contributed by atoms with van der Waals surface area (Å²) in [5, 5.41) is 4.85. The van der Waals surface area contributed by atoms with Gasteiger partial charge in [0.15, 0.2) is 6.61 Å². The number of carbonyl (C=O) groups excluding carboxylic acids is 4. The van der Waals surface area contributed by atoms with Gasteiger partial charge in [-0.3, -0.25) is 19.3 Å². The molecule has 1 heterocycles. The lowest BCUT2D eigenvalue weighted by atomic mass is 9.73. The van der Waals surface area contributed by atoms with Crippen molar-refractivity contribution < 1.29 is 32.7 Å². The highest BCUT2D eigenvalue weighted by Gasteiger charge is 2.55. The van der Waals surface area contributed by atoms with Crippen molar-refractivity contribution in [3.05, 3.63) is 29.8 Å². The van der Waals surface area contributed by atoms with Crippen molar-refractivity contribution in [2.24, 2.45) is 5.92 Å². The maximum atomic E-state index is 13.5. The highest BCUT2D eigenvalue weighted by atomic mass is 19.1. The highest BCUT2D eigenvalue weighted by Crippen LogP contribution is 2.38. The molecule has 0 aromatic heterocycles. The number of ether oxygens (including phenoxy) is 1. The Bertz CT molecular complexity index is 862. The third-order valence-corrected chi connectivity index (χ3v) is 5.36. The minimum atomic E-state index is -0.993. The van der Waals surface area contributed by atoms with Crippen molar-refractivity contribution in [2.75, 3.05) is 18.5 Å². The van der Waals surface area contributed by atoms with Gasteiger partial charge >= 0.3 is 12.0 Å². The van der Waals surface area contributed by atoms with E-state index in [1.807, 2.05) is 6.92 Å². The monoisotopic (exact) mass is 409 g/mol. The zero-order valence-corrected chi connectivity index (χ0v) is 15.8. The fourth-order valence-corrected chi connectivity index (χ4v) is 3.74. The lowest BCUT2D eigenvalue weighted by Crippen LogP contribution is -2.54. The molecule has 1 saturated carbocycles. The second kappa shape index (κ2) is 8.14. The van der Waals surface area contributed by atoms with Crippen LogP contribution in [0.1, 0.15) is 32.6 Å². The van der Waals surface area contributed by atoms with Crippen LogP contribution in [-0.4, -0.2) is 47.4 Å². The average Bonchev–Trinajstić information content (AvgIpc) is 2.90. The molecule has 3 rings (SSSR count). The van der Waals surface area contributed by atoms with E-state index in [9.17, 15) is 28.0 Å². The molecule has 2 aliphatic rings. The van der Waals surface area contributed by atoms with Gasteiger partial charge in [0.2, 0.25) is 0 Å². The Balaban J connectivity index is 1.53. The standard InChI is InChI=1S/C19H21F2N3O5/c1-11-4-2-3-7-19(11)17(27)24(18(28)23-19)9-16(26)29-10-15(25)22-14-6-5-12(20)8-13(14)21/h5-6,8,11H,2-4,7,9-10H2,1H3,(H,22,25)(H,23,28)/t11-,19+/m0/s1. The van der Waals surface area contributed by atoms with Crippen molar-refractivity contribution in [3.63, 3.8) is 0 Å². The summed E-state index contributed by atoms with van der Waals surface area (Å²) >= 11 is 0. The maximum absolute atomic E-state index is 13.5. The summed E-state index contributed by atoms with van der Waals surface area (Å²) in [5.74, 6) is -4.10. The molecule has 0 bridgehead atoms. The topological polar surface area (TPSA) is 105 Å². The molecular weight excluding hydrogens is 388 g/mol. The third-order valence-electron chi connectivity index (χ3n) is 5.36. The maximum Gasteiger partial charge on any atom is 0.326 e. The molecule has 1 aliphatic heterocycles. The van der Waals surface area contributed by atoms with E-state index in [0.29, 0.717) is 12.5 Å². The number of benzene rings is 1. The number of rotatable bonds is 5. The summed E-state index contributed by atoms with van der Waals surface area (Å²) in [6.07, 6.45) is 3.08. The van der Waals surface area contributed by atoms with Gasteiger partial charge in [-0.15, -0.1) is 0 Å². The Morgan fingerprint density at radius 1 is 1.31 bits per heavy atom. The molecule has 1 aliphatic carbocycles. The first-order valence-electron chi connectivity index (χ1n) is 9.27. The number of imide groups is 1. The number of urea groups is 1. The minimum Gasteiger partial charge on any atom is -0.454 e. The van der Waals surface area contributed by atoms with Crippen LogP contribution in [0.15, 0.2) is 18.2 Å². The molecule has 10 heteroatoms. The van der Waals surface area contributed by atoms with Gasteiger partial charge in [0.25, 0.3) is 11.8 Å². The van der Waals surface area contributed by atoms with Gasteiger partial charge in [-0.05, 0) is 30.9 Å². The predicted molar refractivity (Wildman–Crippen MR) is 96.6 cm³/mol. The number of nitrogens with one attached hydrogen (secondary N) is 2. The van der Waals surface area contributed by atoms with E-state index in [1.54, 1.807) is 0 Å². The largest absolute Gasteiger partial charge is 0.454 e. The van der Waals surface area contributed by atoms with E-state index < -0.39 is 54.1 Å². The normalized spacial score (nSPS) is 23.8. The SMILES string of the molecule is C[C@H]1CCCC[C@@]12NC(=O)N(CC(=O)OCC(=O)Nc1ccc(F)cc1F)C2=O. The molecule has 156 valence electrons. The number of hydrogen-bond acceptors (Lipinski definition) is 5. The smallest absolute Gasteiger partial charge is 0.326 e. The molecule has 2 fully saturated rings. The zero-order valence-electron chi connectivity index (χ0n) is 15.8. The first-order valence-corrected chi connectivity index (χ1v) is 9.27. The van der Waals surface area contributed by atoms with Crippen LogP contribution in [0.5, 0.6) is 0 Å². The fraction of sp³-hybridized carbons (Fsp3) is 0.474. The highest BCUT2D eigenvalue weighted by molar-refractivity contribution is 6.09. The van der Waals surface area contributed by atoms with Crippen molar-refractivity contribution in [2.45, 2.75) is 38.1 Å². The second-order valence-electron chi connectivity index (χ2n) is 7.27. The quantitative estimate of drug-likeness (QED) is 0.571. The van der Waals surface area contributed by atoms with E-state index >= 15 is 0 Å². The molecule has 1 aromatic carbocycles. The molecular formula is C19H21F2N3O5. The molecule has 4 amide bonds. The lowest BCUT2D eigenvalue weighted by Gasteiger charge is -2.36. The van der Waals surface area contributed by atoms with Gasteiger partial charge in [-0.25, -0.2) is 13.6 Å². The minimum absolute atomic E-state index is 0.0508. The van der Waals surface area contributed by atoms with E-state index in [4.69, 9.17) is 4.74 Å². The van der Waals surface area contributed by atoms with E-state index in [2.05, 4.69) is 10.6 Å². The first kappa shape index (κ1) is 20.7. The molecule has 8 nitrogen and oxygen atoms in total. The van der Waals surface area contributed by atoms with Crippen LogP contribution in [0.3, 0.4) is 0 Å². The van der Waals surface area contributed by atoms with Gasteiger partial charge in [-0.1, -0.05) is 19.8 Å². The van der Waals surface area contributed by atoms with Crippen LogP contribution in [0.2, 0.25) is 0 Å². The van der Waals surface area contributed by atoms with Crippen LogP contribution in [0, 0.1) is 17.6 Å². The Morgan fingerprint density at radius 2 is 2.07 bits per heavy atom. The van der Waals surface area contributed by atoms with Crippen LogP contribution < -0.4 is 10.6 Å². The van der Waals surface area contributed by atoms with Gasteiger partial charge in [0.1, 0.15) is 23.7 Å². The summed E-state index contributed by atoms with van der Waals surface area (Å²) in [7, 11) is 0. The Hall–Kier alpha value is -3.04. The fourth-order valence-electron chi connectivity index (χ4n) is 3.74. The van der Waals surface area contributed by atoms with Crippen LogP contribution in [0.4, 0.5) is 19.3 Å². The van der Waals surface area contributed by atoms with E-state index in [0.717, 1.165) is 36.3 Å². The predicted octanol–water partition coefficient (Wildman–Crippen LogP) is 1.95. The summed E-state index contributed by atoms with van der Waals surface area (Å²) < 4.78 is 31.2. The number of halogens is 2. The lowest BCUT2D eigenvalue weighted by molar-refractivity contribution is -0.150. The third kappa shape index (κ3) is 4.20. The number of esters is 1. The molecule has 29 heavy (non-hydrogen) atoms. The van der Waals surface area contributed by atoms with Gasteiger partial charge in [0.05, 0.1) is 5.69 Å². The Morgan fingerprint density at radius 3 is 2.76 bits per heavy atom. The summed E-state index contributed by atoms with van der Waals surface area (Å²) in [5.41, 5.74) is -1.26. The average molecular weight is 409 g/mol. The number of nitrogens with zero attached hydrogens (tertiary/aromatic N) is 1. The van der Waals surface area contributed by atoms with Crippen LogP contribution >= 0.6 is 0 Å². The number of amides is 4. The molecule has 0 radical (unpaired) electrons. The van der Waals surface area contributed by atoms with E-state index in [1.165, 1.54) is 0 Å². The number of anilines is 1. The first-order chi connectivity index (χ1) is 13.7. The van der Waals surface area contributed by atoms with Crippen molar-refractivity contribution >= 4 is 29.5 Å². The Kier molecular flexibility index (Phi) is 5.81. The van der Waals surface area contributed by atoms with Crippen molar-refractivity contribution in [3.8, 4) is 0 Å². The summed E-state index contributed by atoms with van der Waals surface area (Å²) in [6, 6.07) is 1.92. The molecule has 2 N–H and O–H groups in total. The van der Waals surface area contributed by atoms with E-state index in [-0.39, 0.29) is 11.6 Å². The number of hydrogen-bond donors (Lipinski definition) is 2. The Labute approximate surface area is 165 Å². The molecule has 1 aromatic rings. The molecule has 1 saturated heterocycles. The van der Waals surface area contributed by atoms with Crippen molar-refractivity contribution in [1.29, 1.82) is 0 Å². The second-order valence-corrected chi connectivity index (χ2v) is 7.27. The van der Waals surface area contributed by atoms with Crippen molar-refractivity contribution in [1.82, 2.24) is 10.2 Å². The van der Waals surface area contributed by atoms with Crippen LogP contribution in [-0.2, 0) is 19.1 Å². The van der Waals surface area contributed by atoms with Crippen LogP contribution in [0.25, 0.3) is 0 Å². The van der Waals surface area contributed by atoms with Gasteiger partial charge in [0, 0.05) is 6.07 Å². The zero-order chi connectivity index (χ0) is 21.2. The van der Waals surface area contributed by atoms with Gasteiger partial charge in [-0.2, -0.15) is 0 Å².